The van der Waals surface area contributed by atoms with Crippen LogP contribution in [0.2, 0.25) is 10.0 Å². The molecule has 3 N–H and O–H groups in total. The molecule has 0 aliphatic carbocycles. The first-order valence-corrected chi connectivity index (χ1v) is 10.5. The molecule has 1 aromatic heterocycles. The Bertz CT molecular complexity index is 1070. The van der Waals surface area contributed by atoms with Gasteiger partial charge < -0.3 is 15.5 Å². The van der Waals surface area contributed by atoms with Crippen molar-refractivity contribution in [1.29, 1.82) is 0 Å². The molecule has 10 heteroatoms. The van der Waals surface area contributed by atoms with Crippen molar-refractivity contribution in [3.8, 4) is 0 Å². The summed E-state index contributed by atoms with van der Waals surface area (Å²) in [5.74, 6) is -0.843. The number of halogens is 2. The number of amides is 2. The maximum atomic E-state index is 12.9. The van der Waals surface area contributed by atoms with Gasteiger partial charge in [-0.05, 0) is 37.0 Å². The van der Waals surface area contributed by atoms with Crippen LogP contribution in [0.15, 0.2) is 23.0 Å². The van der Waals surface area contributed by atoms with E-state index in [1.165, 1.54) is 6.07 Å². The van der Waals surface area contributed by atoms with Crippen LogP contribution in [0.4, 0.5) is 17.5 Å². The van der Waals surface area contributed by atoms with Crippen LogP contribution in [0.5, 0.6) is 0 Å². The van der Waals surface area contributed by atoms with Gasteiger partial charge in [0.05, 0.1) is 22.2 Å². The number of aromatic amines is 1. The molecular weight excluding hydrogens is 429 g/mol. The molecule has 8 nitrogen and oxygen atoms in total. The molecule has 2 aliphatic rings. The van der Waals surface area contributed by atoms with E-state index in [2.05, 4.69) is 27.5 Å². The molecule has 2 atom stereocenters. The average Bonchev–Trinajstić information content (AvgIpc) is 2.69. The third kappa shape index (κ3) is 4.15. The van der Waals surface area contributed by atoms with Gasteiger partial charge in [-0.25, -0.2) is 0 Å². The molecule has 2 aliphatic heterocycles. The fourth-order valence-corrected chi connectivity index (χ4v) is 4.38. The number of aromatic nitrogens is 2. The summed E-state index contributed by atoms with van der Waals surface area (Å²) in [5.41, 5.74) is 0.0588. The number of anilines is 3. The molecule has 30 heavy (non-hydrogen) atoms. The van der Waals surface area contributed by atoms with E-state index in [0.717, 1.165) is 25.9 Å². The van der Waals surface area contributed by atoms with Crippen LogP contribution in [0.3, 0.4) is 0 Å². The van der Waals surface area contributed by atoms with Gasteiger partial charge in [0, 0.05) is 24.5 Å². The van der Waals surface area contributed by atoms with E-state index in [9.17, 15) is 14.4 Å². The molecule has 4 rings (SSSR count). The summed E-state index contributed by atoms with van der Waals surface area (Å²) >= 11 is 12.0. The van der Waals surface area contributed by atoms with E-state index in [-0.39, 0.29) is 28.7 Å². The maximum absolute atomic E-state index is 12.9. The van der Waals surface area contributed by atoms with E-state index in [4.69, 9.17) is 23.2 Å². The van der Waals surface area contributed by atoms with Gasteiger partial charge >= 0.3 is 0 Å². The average molecular weight is 450 g/mol. The number of piperidine rings is 1. The Morgan fingerprint density at radius 3 is 2.83 bits per heavy atom. The van der Waals surface area contributed by atoms with Gasteiger partial charge in [0.25, 0.3) is 5.56 Å². The monoisotopic (exact) mass is 449 g/mol. The molecule has 0 radical (unpaired) electrons. The van der Waals surface area contributed by atoms with Crippen molar-refractivity contribution in [2.75, 3.05) is 28.6 Å². The number of nitrogens with zero attached hydrogens (tertiary/aromatic N) is 2. The number of fused-ring (bicyclic) bond motifs is 1. The third-order valence-electron chi connectivity index (χ3n) is 5.40. The summed E-state index contributed by atoms with van der Waals surface area (Å²) in [5, 5.41) is 6.01. The number of nitrogens with one attached hydrogen (secondary N) is 3. The van der Waals surface area contributed by atoms with E-state index >= 15 is 0 Å². The molecule has 1 saturated heterocycles. The summed E-state index contributed by atoms with van der Waals surface area (Å²) in [4.78, 5) is 47.3. The molecule has 0 saturated carbocycles. The summed E-state index contributed by atoms with van der Waals surface area (Å²) < 4.78 is 0. The van der Waals surface area contributed by atoms with Crippen molar-refractivity contribution in [1.82, 2.24) is 9.97 Å². The highest BCUT2D eigenvalue weighted by Crippen LogP contribution is 2.32. The quantitative estimate of drug-likeness (QED) is 0.665. The van der Waals surface area contributed by atoms with Crippen molar-refractivity contribution in [2.45, 2.75) is 32.1 Å². The fourth-order valence-electron chi connectivity index (χ4n) is 3.93. The first-order valence-electron chi connectivity index (χ1n) is 9.76. The minimum Gasteiger partial charge on any atom is -0.342 e. The zero-order valence-corrected chi connectivity index (χ0v) is 17.8. The van der Waals surface area contributed by atoms with Crippen LogP contribution < -0.4 is 21.1 Å². The second-order valence-corrected chi connectivity index (χ2v) is 8.61. The summed E-state index contributed by atoms with van der Waals surface area (Å²) in [7, 11) is 0. The van der Waals surface area contributed by atoms with E-state index in [1.54, 1.807) is 12.1 Å². The highest BCUT2D eigenvalue weighted by molar-refractivity contribution is 6.36. The summed E-state index contributed by atoms with van der Waals surface area (Å²) in [6.45, 7) is 3.69. The van der Waals surface area contributed by atoms with Gasteiger partial charge in [-0.15, -0.1) is 0 Å². The van der Waals surface area contributed by atoms with Crippen LogP contribution in [0.1, 0.15) is 37.7 Å². The van der Waals surface area contributed by atoms with E-state index in [0.29, 0.717) is 22.6 Å². The van der Waals surface area contributed by atoms with Crippen molar-refractivity contribution in [2.24, 2.45) is 5.92 Å². The Hall–Kier alpha value is -2.58. The van der Waals surface area contributed by atoms with Gasteiger partial charge in [-0.2, -0.15) is 4.98 Å². The van der Waals surface area contributed by atoms with Crippen LogP contribution in [0.25, 0.3) is 0 Å². The van der Waals surface area contributed by atoms with Crippen LogP contribution in [-0.4, -0.2) is 34.9 Å². The molecule has 1 fully saturated rings. The fraction of sp³-hybridized carbons (Fsp3) is 0.400. The first-order chi connectivity index (χ1) is 14.3. The van der Waals surface area contributed by atoms with Gasteiger partial charge in [-0.3, -0.25) is 19.4 Å². The standard InChI is InChI=1S/C20H21Cl2N5O3/c1-10-3-2-6-27(9-10)20-25-17-16(19(30)26-20)12(8-15(28)24-17)18(29)23-14-5-4-11(21)7-13(14)22/h4-5,7,10,12H,2-3,6,8-9H2,1H3,(H,23,29)(H2,24,25,26,28,30)/t10-,12+/m0/s1. The Morgan fingerprint density at radius 1 is 1.30 bits per heavy atom. The Balaban J connectivity index is 1.65. The van der Waals surface area contributed by atoms with Crippen molar-refractivity contribution < 1.29 is 9.59 Å². The lowest BCUT2D eigenvalue weighted by Gasteiger charge is -2.32. The minimum atomic E-state index is -0.980. The minimum absolute atomic E-state index is 0.130. The lowest BCUT2D eigenvalue weighted by atomic mass is 9.92. The van der Waals surface area contributed by atoms with Gasteiger partial charge in [0.15, 0.2) is 0 Å². The van der Waals surface area contributed by atoms with Crippen LogP contribution in [-0.2, 0) is 9.59 Å². The lowest BCUT2D eigenvalue weighted by molar-refractivity contribution is -0.123. The van der Waals surface area contributed by atoms with Gasteiger partial charge in [0.1, 0.15) is 5.82 Å². The maximum Gasteiger partial charge on any atom is 0.258 e. The molecule has 0 spiro atoms. The molecule has 158 valence electrons. The van der Waals surface area contributed by atoms with Gasteiger partial charge in [-0.1, -0.05) is 30.1 Å². The number of carbonyl (C=O) groups excluding carboxylic acids is 2. The predicted octanol–water partition coefficient (Wildman–Crippen LogP) is 3.38. The zero-order chi connectivity index (χ0) is 21.4. The molecule has 2 amide bonds. The Kier molecular flexibility index (Phi) is 5.71. The molecule has 3 heterocycles. The van der Waals surface area contributed by atoms with Crippen molar-refractivity contribution >= 4 is 52.5 Å². The van der Waals surface area contributed by atoms with Crippen LogP contribution in [0, 0.1) is 5.92 Å². The van der Waals surface area contributed by atoms with Crippen LogP contribution >= 0.6 is 23.2 Å². The highest BCUT2D eigenvalue weighted by Gasteiger charge is 2.35. The molecular formula is C20H21Cl2N5O3. The molecule has 0 unspecified atom stereocenters. The second-order valence-electron chi connectivity index (χ2n) is 7.76. The largest absolute Gasteiger partial charge is 0.342 e. The summed E-state index contributed by atoms with van der Waals surface area (Å²) in [6.07, 6.45) is 1.97. The van der Waals surface area contributed by atoms with Crippen molar-refractivity contribution in [3.63, 3.8) is 0 Å². The lowest BCUT2D eigenvalue weighted by Crippen LogP contribution is -2.40. The second kappa shape index (κ2) is 8.28. The van der Waals surface area contributed by atoms with Crippen molar-refractivity contribution in [3.05, 3.63) is 44.2 Å². The molecule has 0 bridgehead atoms. The number of rotatable bonds is 3. The number of H-pyrrole nitrogens is 1. The number of benzene rings is 1. The highest BCUT2D eigenvalue weighted by atomic mass is 35.5. The topological polar surface area (TPSA) is 107 Å². The first kappa shape index (κ1) is 20.7. The number of hydrogen-bond acceptors (Lipinski definition) is 5. The molecule has 1 aromatic carbocycles. The normalized spacial score (nSPS) is 21.0. The van der Waals surface area contributed by atoms with Gasteiger partial charge in [0.2, 0.25) is 17.8 Å². The molecule has 2 aromatic rings. The SMILES string of the molecule is C[C@H]1CCCN(c2nc3c(c(=O)[nH]2)[C@H](C(=O)Nc2ccc(Cl)cc2Cl)CC(=O)N3)C1. The Labute approximate surface area is 183 Å². The third-order valence-corrected chi connectivity index (χ3v) is 5.95. The predicted molar refractivity (Wildman–Crippen MR) is 117 cm³/mol. The van der Waals surface area contributed by atoms with E-state index in [1.807, 2.05) is 4.90 Å². The summed E-state index contributed by atoms with van der Waals surface area (Å²) in [6, 6.07) is 4.65. The number of hydrogen-bond donors (Lipinski definition) is 3. The zero-order valence-electron chi connectivity index (χ0n) is 16.3. The Morgan fingerprint density at radius 2 is 2.10 bits per heavy atom. The number of carbonyl (C=O) groups is 2. The van der Waals surface area contributed by atoms with E-state index < -0.39 is 17.4 Å². The smallest absolute Gasteiger partial charge is 0.258 e.